The van der Waals surface area contributed by atoms with Crippen molar-refractivity contribution in [3.05, 3.63) is 65.2 Å². The second-order valence-corrected chi connectivity index (χ2v) is 6.78. The Morgan fingerprint density at radius 1 is 1.04 bits per heavy atom. The topological polar surface area (TPSA) is 29.3 Å². The van der Waals surface area contributed by atoms with E-state index in [1.165, 1.54) is 11.1 Å². The van der Waals surface area contributed by atoms with Gasteiger partial charge in [0.25, 0.3) is 0 Å². The second kappa shape index (κ2) is 8.17. The lowest BCUT2D eigenvalue weighted by molar-refractivity contribution is -0.918. The fourth-order valence-electron chi connectivity index (χ4n) is 3.18. The van der Waals surface area contributed by atoms with Gasteiger partial charge in [-0.15, -0.1) is 0 Å². The summed E-state index contributed by atoms with van der Waals surface area (Å²) in [4.78, 5) is 1.64. The van der Waals surface area contributed by atoms with Crippen LogP contribution in [0.4, 0.5) is 0 Å². The maximum Gasteiger partial charge on any atom is 0.118 e. The summed E-state index contributed by atoms with van der Waals surface area (Å²) < 4.78 is 5.21. The maximum atomic E-state index is 5.21. The van der Waals surface area contributed by atoms with E-state index in [0.717, 1.165) is 49.7 Å². The molecule has 0 bridgehead atoms. The summed E-state index contributed by atoms with van der Waals surface area (Å²) in [6.45, 7) is 9.60. The highest BCUT2D eigenvalue weighted by Crippen LogP contribution is 2.12. The number of hydrogen-bond donors (Lipinski definition) is 1. The van der Waals surface area contributed by atoms with Crippen molar-refractivity contribution in [2.24, 2.45) is 5.10 Å². The fourth-order valence-corrected chi connectivity index (χ4v) is 3.18. The molecule has 132 valence electrons. The minimum Gasteiger partial charge on any atom is -0.497 e. The molecule has 1 aliphatic heterocycles. The Hall–Kier alpha value is -2.33. The van der Waals surface area contributed by atoms with E-state index in [2.05, 4.69) is 55.3 Å². The minimum absolute atomic E-state index is 0.880. The lowest BCUT2D eigenvalue weighted by Gasteiger charge is -2.31. The van der Waals surface area contributed by atoms with Crippen molar-refractivity contribution >= 4 is 5.71 Å². The molecule has 2 aromatic carbocycles. The van der Waals surface area contributed by atoms with Gasteiger partial charge in [0.05, 0.1) is 39.0 Å². The van der Waals surface area contributed by atoms with E-state index < -0.39 is 0 Å². The third-order valence-electron chi connectivity index (χ3n) is 4.82. The number of quaternary nitrogens is 1. The third kappa shape index (κ3) is 4.83. The van der Waals surface area contributed by atoms with Gasteiger partial charge in [-0.05, 0) is 43.7 Å². The van der Waals surface area contributed by atoms with Crippen molar-refractivity contribution in [1.29, 1.82) is 0 Å². The van der Waals surface area contributed by atoms with Crippen LogP contribution in [0.15, 0.2) is 53.6 Å². The summed E-state index contributed by atoms with van der Waals surface area (Å²) in [7, 11) is 1.69. The Balaban J connectivity index is 1.53. The number of ether oxygens (including phenoxy) is 1. The van der Waals surface area contributed by atoms with Crippen LogP contribution in [-0.4, -0.2) is 44.0 Å². The molecule has 0 saturated carbocycles. The van der Waals surface area contributed by atoms with Gasteiger partial charge < -0.3 is 9.64 Å². The molecule has 1 saturated heterocycles. The van der Waals surface area contributed by atoms with Crippen LogP contribution in [0, 0.1) is 6.92 Å². The molecule has 1 aliphatic rings. The molecular formula is C21H28N3O+. The molecule has 1 fully saturated rings. The van der Waals surface area contributed by atoms with E-state index in [-0.39, 0.29) is 0 Å². The van der Waals surface area contributed by atoms with Gasteiger partial charge in [-0.1, -0.05) is 29.8 Å². The number of rotatable bonds is 5. The number of piperazine rings is 1. The average molecular weight is 338 g/mol. The van der Waals surface area contributed by atoms with Crippen LogP contribution in [0.1, 0.15) is 23.6 Å². The van der Waals surface area contributed by atoms with Crippen molar-refractivity contribution in [3.8, 4) is 5.75 Å². The highest BCUT2D eigenvalue weighted by atomic mass is 16.5. The van der Waals surface area contributed by atoms with E-state index >= 15 is 0 Å². The van der Waals surface area contributed by atoms with Gasteiger partial charge in [0.1, 0.15) is 12.3 Å². The van der Waals surface area contributed by atoms with Gasteiger partial charge in [0.2, 0.25) is 0 Å². The van der Waals surface area contributed by atoms with Crippen molar-refractivity contribution in [2.45, 2.75) is 20.4 Å². The lowest BCUT2D eigenvalue weighted by atomic mass is 10.1. The second-order valence-electron chi connectivity index (χ2n) is 6.78. The molecule has 1 N–H and O–H groups in total. The summed E-state index contributed by atoms with van der Waals surface area (Å²) in [6.07, 6.45) is 0. The Morgan fingerprint density at radius 2 is 1.68 bits per heavy atom. The van der Waals surface area contributed by atoms with Crippen LogP contribution in [0.5, 0.6) is 5.75 Å². The molecule has 0 spiro atoms. The molecule has 0 radical (unpaired) electrons. The number of aryl methyl sites for hydroxylation is 1. The maximum absolute atomic E-state index is 5.21. The summed E-state index contributed by atoms with van der Waals surface area (Å²) in [5.41, 5.74) is 4.96. The van der Waals surface area contributed by atoms with Gasteiger partial charge >= 0.3 is 0 Å². The summed E-state index contributed by atoms with van der Waals surface area (Å²) in [5.74, 6) is 0.880. The number of hydrazone groups is 1. The zero-order chi connectivity index (χ0) is 17.6. The predicted octanol–water partition coefficient (Wildman–Crippen LogP) is 2.13. The van der Waals surface area contributed by atoms with Gasteiger partial charge in [0, 0.05) is 5.56 Å². The van der Waals surface area contributed by atoms with E-state index in [1.54, 1.807) is 12.0 Å². The lowest BCUT2D eigenvalue weighted by Crippen LogP contribution is -3.13. The largest absolute Gasteiger partial charge is 0.497 e. The highest BCUT2D eigenvalue weighted by molar-refractivity contribution is 5.98. The van der Waals surface area contributed by atoms with Crippen LogP contribution >= 0.6 is 0 Å². The predicted molar refractivity (Wildman–Crippen MR) is 102 cm³/mol. The van der Waals surface area contributed by atoms with Gasteiger partial charge in [-0.2, -0.15) is 5.10 Å². The van der Waals surface area contributed by atoms with E-state index in [0.29, 0.717) is 0 Å². The molecule has 4 heteroatoms. The standard InChI is InChI=1S/C21H27N3O/c1-17-4-6-19(7-5-17)16-23-12-14-24(15-13-23)22-18(2)20-8-10-21(25-3)11-9-20/h4-11H,12-16H2,1-3H3/p+1/b22-18+. The first-order chi connectivity index (χ1) is 12.1. The van der Waals surface area contributed by atoms with E-state index in [1.807, 2.05) is 12.1 Å². The molecule has 0 aromatic heterocycles. The molecular weight excluding hydrogens is 310 g/mol. The monoisotopic (exact) mass is 338 g/mol. The van der Waals surface area contributed by atoms with Crippen molar-refractivity contribution < 1.29 is 9.64 Å². The normalized spacial score (nSPS) is 16.1. The third-order valence-corrected chi connectivity index (χ3v) is 4.82. The van der Waals surface area contributed by atoms with Crippen molar-refractivity contribution in [3.63, 3.8) is 0 Å². The Morgan fingerprint density at radius 3 is 2.28 bits per heavy atom. The van der Waals surface area contributed by atoms with E-state index in [4.69, 9.17) is 9.84 Å². The molecule has 0 atom stereocenters. The van der Waals surface area contributed by atoms with Crippen LogP contribution in [0.25, 0.3) is 0 Å². The average Bonchev–Trinajstić information content (AvgIpc) is 2.65. The molecule has 2 aromatic rings. The van der Waals surface area contributed by atoms with Gasteiger partial charge in [0.15, 0.2) is 0 Å². The number of nitrogens with zero attached hydrogens (tertiary/aromatic N) is 2. The smallest absolute Gasteiger partial charge is 0.118 e. The van der Waals surface area contributed by atoms with Crippen molar-refractivity contribution in [2.75, 3.05) is 33.3 Å². The Kier molecular flexibility index (Phi) is 5.71. The first-order valence-corrected chi connectivity index (χ1v) is 8.98. The molecule has 1 heterocycles. The molecule has 0 unspecified atom stereocenters. The number of methoxy groups -OCH3 is 1. The van der Waals surface area contributed by atoms with Crippen LogP contribution < -0.4 is 9.64 Å². The fraction of sp³-hybridized carbons (Fsp3) is 0.381. The van der Waals surface area contributed by atoms with Crippen molar-refractivity contribution in [1.82, 2.24) is 5.01 Å². The number of benzene rings is 2. The number of nitrogens with one attached hydrogen (secondary N) is 1. The first-order valence-electron chi connectivity index (χ1n) is 8.98. The van der Waals surface area contributed by atoms with Crippen LogP contribution in [0.2, 0.25) is 0 Å². The minimum atomic E-state index is 0.880. The van der Waals surface area contributed by atoms with Crippen LogP contribution in [0.3, 0.4) is 0 Å². The van der Waals surface area contributed by atoms with Gasteiger partial charge in [-0.25, -0.2) is 0 Å². The highest BCUT2D eigenvalue weighted by Gasteiger charge is 2.19. The van der Waals surface area contributed by atoms with E-state index in [9.17, 15) is 0 Å². The Bertz CT molecular complexity index is 699. The van der Waals surface area contributed by atoms with Gasteiger partial charge in [-0.3, -0.25) is 5.01 Å². The molecule has 25 heavy (non-hydrogen) atoms. The summed E-state index contributed by atoms with van der Waals surface area (Å²) >= 11 is 0. The zero-order valence-corrected chi connectivity index (χ0v) is 15.5. The molecule has 0 amide bonds. The summed E-state index contributed by atoms with van der Waals surface area (Å²) in [6, 6.07) is 17.0. The first kappa shape index (κ1) is 17.5. The summed E-state index contributed by atoms with van der Waals surface area (Å²) in [5, 5.41) is 7.02. The zero-order valence-electron chi connectivity index (χ0n) is 15.5. The SMILES string of the molecule is COc1ccc(/C(C)=N/N2CC[NH+](Cc3ccc(C)cc3)CC2)cc1. The van der Waals surface area contributed by atoms with Crippen LogP contribution in [-0.2, 0) is 6.54 Å². The molecule has 4 nitrogen and oxygen atoms in total. The number of hydrogen-bond acceptors (Lipinski definition) is 3. The quantitative estimate of drug-likeness (QED) is 0.847. The Labute approximate surface area is 150 Å². The molecule has 0 aliphatic carbocycles. The molecule has 3 rings (SSSR count).